The molecule has 3 rings (SSSR count). The molecule has 2 aromatic heterocycles. The summed E-state index contributed by atoms with van der Waals surface area (Å²) in [7, 11) is 1.25. The van der Waals surface area contributed by atoms with Crippen molar-refractivity contribution < 1.29 is 8.42 Å². The maximum atomic E-state index is 12.3. The van der Waals surface area contributed by atoms with E-state index in [4.69, 9.17) is 0 Å². The third-order valence-electron chi connectivity index (χ3n) is 3.71. The standard InChI is InChI=1S/C16H17N3O3S3/c1-18(2)25(21,22)12-6-4-5-11(9-12)10-24-16-17-14-13(7-8-23-14)15(20)19(16)3/h4-9H,10H2,1-3H3. The highest BCUT2D eigenvalue weighted by molar-refractivity contribution is 7.98. The first-order chi connectivity index (χ1) is 11.8. The van der Waals surface area contributed by atoms with Gasteiger partial charge in [-0.2, -0.15) is 0 Å². The molecule has 1 aromatic carbocycles. The summed E-state index contributed by atoms with van der Waals surface area (Å²) in [4.78, 5) is 17.8. The van der Waals surface area contributed by atoms with E-state index in [0.717, 1.165) is 10.4 Å². The Bertz CT molecular complexity index is 1080. The van der Waals surface area contributed by atoms with E-state index in [-0.39, 0.29) is 10.5 Å². The predicted octanol–water partition coefficient (Wildman–Crippen LogP) is 2.54. The van der Waals surface area contributed by atoms with Crippen LogP contribution in [0.15, 0.2) is 50.6 Å². The van der Waals surface area contributed by atoms with E-state index >= 15 is 0 Å². The van der Waals surface area contributed by atoms with Crippen molar-refractivity contribution in [2.24, 2.45) is 7.05 Å². The van der Waals surface area contributed by atoms with Gasteiger partial charge in [-0.3, -0.25) is 9.36 Å². The predicted molar refractivity (Wildman–Crippen MR) is 102 cm³/mol. The summed E-state index contributed by atoms with van der Waals surface area (Å²) in [6, 6.07) is 8.60. The number of sulfonamides is 1. The van der Waals surface area contributed by atoms with Crippen molar-refractivity contribution in [3.05, 3.63) is 51.6 Å². The highest BCUT2D eigenvalue weighted by Crippen LogP contribution is 2.25. The highest BCUT2D eigenvalue weighted by Gasteiger charge is 2.17. The molecule has 25 heavy (non-hydrogen) atoms. The number of rotatable bonds is 5. The van der Waals surface area contributed by atoms with Crippen LogP contribution in [0.3, 0.4) is 0 Å². The zero-order valence-electron chi connectivity index (χ0n) is 14.0. The Balaban J connectivity index is 1.88. The van der Waals surface area contributed by atoms with Gasteiger partial charge in [-0.1, -0.05) is 23.9 Å². The van der Waals surface area contributed by atoms with E-state index in [1.807, 2.05) is 11.4 Å². The van der Waals surface area contributed by atoms with Crippen LogP contribution >= 0.6 is 23.1 Å². The van der Waals surface area contributed by atoms with Crippen LogP contribution in [0.4, 0.5) is 0 Å². The van der Waals surface area contributed by atoms with Gasteiger partial charge < -0.3 is 0 Å². The summed E-state index contributed by atoms with van der Waals surface area (Å²) in [5.41, 5.74) is 0.783. The molecule has 0 aliphatic heterocycles. The molecular formula is C16H17N3O3S3. The lowest BCUT2D eigenvalue weighted by molar-refractivity contribution is 0.520. The van der Waals surface area contributed by atoms with Crippen molar-refractivity contribution in [3.8, 4) is 0 Å². The Morgan fingerprint density at radius 3 is 2.76 bits per heavy atom. The molecule has 9 heteroatoms. The van der Waals surface area contributed by atoms with Gasteiger partial charge in [0, 0.05) is 26.9 Å². The van der Waals surface area contributed by atoms with Crippen LogP contribution in [0, 0.1) is 0 Å². The average Bonchev–Trinajstić information content (AvgIpc) is 3.05. The van der Waals surface area contributed by atoms with Gasteiger partial charge in [-0.25, -0.2) is 17.7 Å². The quantitative estimate of drug-likeness (QED) is 0.490. The summed E-state index contributed by atoms with van der Waals surface area (Å²) in [5.74, 6) is 0.522. The average molecular weight is 396 g/mol. The third kappa shape index (κ3) is 3.50. The Labute approximate surface area is 154 Å². The SMILES string of the molecule is CN(C)S(=O)(=O)c1cccc(CSc2nc3sccc3c(=O)n2C)c1. The maximum absolute atomic E-state index is 12.3. The topological polar surface area (TPSA) is 72.3 Å². The van der Waals surface area contributed by atoms with E-state index in [2.05, 4.69) is 4.98 Å². The van der Waals surface area contributed by atoms with Crippen molar-refractivity contribution >= 4 is 43.3 Å². The van der Waals surface area contributed by atoms with E-state index in [9.17, 15) is 13.2 Å². The van der Waals surface area contributed by atoms with Crippen molar-refractivity contribution in [1.29, 1.82) is 0 Å². The van der Waals surface area contributed by atoms with Crippen LogP contribution < -0.4 is 5.56 Å². The normalized spacial score (nSPS) is 12.2. The molecule has 6 nitrogen and oxygen atoms in total. The second-order valence-electron chi connectivity index (χ2n) is 5.62. The molecule has 0 aliphatic rings. The Hall–Kier alpha value is -1.68. The van der Waals surface area contributed by atoms with E-state index in [1.165, 1.54) is 46.1 Å². The van der Waals surface area contributed by atoms with Gasteiger partial charge in [0.15, 0.2) is 5.16 Å². The van der Waals surface area contributed by atoms with Gasteiger partial charge in [0.25, 0.3) is 5.56 Å². The molecule has 0 fully saturated rings. The minimum absolute atomic E-state index is 0.0716. The molecule has 2 heterocycles. The molecule has 0 atom stereocenters. The van der Waals surface area contributed by atoms with Crippen LogP contribution in [-0.2, 0) is 22.8 Å². The number of benzene rings is 1. The lowest BCUT2D eigenvalue weighted by Gasteiger charge is -2.12. The van der Waals surface area contributed by atoms with Gasteiger partial charge in [-0.15, -0.1) is 11.3 Å². The van der Waals surface area contributed by atoms with Gasteiger partial charge in [0.1, 0.15) is 4.83 Å². The number of hydrogen-bond acceptors (Lipinski definition) is 6. The summed E-state index contributed by atoms with van der Waals surface area (Å²) in [6.45, 7) is 0. The molecule has 132 valence electrons. The molecule has 0 saturated heterocycles. The molecule has 0 unspecified atom stereocenters. The molecule has 0 bridgehead atoms. The minimum atomic E-state index is -3.46. The molecule has 0 aliphatic carbocycles. The first kappa shape index (κ1) is 18.1. The number of fused-ring (bicyclic) bond motifs is 1. The van der Waals surface area contributed by atoms with E-state index in [1.54, 1.807) is 31.3 Å². The van der Waals surface area contributed by atoms with Crippen LogP contribution in [0.5, 0.6) is 0 Å². The monoisotopic (exact) mass is 395 g/mol. The van der Waals surface area contributed by atoms with Crippen molar-refractivity contribution in [2.45, 2.75) is 15.8 Å². The van der Waals surface area contributed by atoms with Crippen molar-refractivity contribution in [2.75, 3.05) is 14.1 Å². The van der Waals surface area contributed by atoms with Gasteiger partial charge >= 0.3 is 0 Å². The van der Waals surface area contributed by atoms with Crippen LogP contribution in [0.2, 0.25) is 0 Å². The molecule has 0 amide bonds. The van der Waals surface area contributed by atoms with Gasteiger partial charge in [-0.05, 0) is 29.1 Å². The first-order valence-electron chi connectivity index (χ1n) is 7.39. The molecule has 0 saturated carbocycles. The third-order valence-corrected chi connectivity index (χ3v) is 7.43. The first-order valence-corrected chi connectivity index (χ1v) is 10.7. The number of hydrogen-bond donors (Lipinski definition) is 0. The van der Waals surface area contributed by atoms with Gasteiger partial charge in [0.2, 0.25) is 10.0 Å². The van der Waals surface area contributed by atoms with E-state index < -0.39 is 10.0 Å². The number of nitrogens with zero attached hydrogens (tertiary/aromatic N) is 3. The van der Waals surface area contributed by atoms with E-state index in [0.29, 0.717) is 16.3 Å². The second-order valence-corrected chi connectivity index (χ2v) is 9.61. The Morgan fingerprint density at radius 1 is 1.28 bits per heavy atom. The van der Waals surface area contributed by atoms with Crippen LogP contribution in [-0.4, -0.2) is 36.4 Å². The highest BCUT2D eigenvalue weighted by atomic mass is 32.2. The molecule has 3 aromatic rings. The summed E-state index contributed by atoms with van der Waals surface area (Å²) >= 11 is 2.84. The van der Waals surface area contributed by atoms with Crippen molar-refractivity contribution in [1.82, 2.24) is 13.9 Å². The Morgan fingerprint density at radius 2 is 2.04 bits per heavy atom. The zero-order chi connectivity index (χ0) is 18.2. The fourth-order valence-corrected chi connectivity index (χ4v) is 4.96. The fraction of sp³-hybridized carbons (Fsp3) is 0.250. The maximum Gasteiger partial charge on any atom is 0.262 e. The van der Waals surface area contributed by atoms with Crippen LogP contribution in [0.25, 0.3) is 10.2 Å². The Kier molecular flexibility index (Phi) is 5.01. The fourth-order valence-electron chi connectivity index (χ4n) is 2.26. The van der Waals surface area contributed by atoms with Crippen molar-refractivity contribution in [3.63, 3.8) is 0 Å². The number of thiophene rings is 1. The molecular weight excluding hydrogens is 378 g/mol. The molecule has 0 radical (unpaired) electrons. The van der Waals surface area contributed by atoms with Gasteiger partial charge in [0.05, 0.1) is 10.3 Å². The summed E-state index contributed by atoms with van der Waals surface area (Å²) in [5, 5.41) is 3.08. The zero-order valence-corrected chi connectivity index (χ0v) is 16.4. The lowest BCUT2D eigenvalue weighted by Crippen LogP contribution is -2.22. The molecule has 0 spiro atoms. The summed E-state index contributed by atoms with van der Waals surface area (Å²) in [6.07, 6.45) is 0. The van der Waals surface area contributed by atoms with Crippen LogP contribution in [0.1, 0.15) is 5.56 Å². The largest absolute Gasteiger partial charge is 0.290 e. The molecule has 0 N–H and O–H groups in total. The summed E-state index contributed by atoms with van der Waals surface area (Å²) < 4.78 is 27.2. The smallest absolute Gasteiger partial charge is 0.262 e. The lowest BCUT2D eigenvalue weighted by atomic mass is 10.2. The number of aromatic nitrogens is 2. The minimum Gasteiger partial charge on any atom is -0.290 e. The number of thioether (sulfide) groups is 1. The second kappa shape index (κ2) is 6.91.